The number of para-hydroxylation sites is 1. The van der Waals surface area contributed by atoms with Gasteiger partial charge in [0, 0.05) is 12.2 Å². The Morgan fingerprint density at radius 2 is 1.75 bits per heavy atom. The van der Waals surface area contributed by atoms with E-state index in [0.29, 0.717) is 28.7 Å². The van der Waals surface area contributed by atoms with Gasteiger partial charge in [-0.15, -0.1) is 0 Å². The third kappa shape index (κ3) is 3.16. The quantitative estimate of drug-likeness (QED) is 0.838. The third-order valence-electron chi connectivity index (χ3n) is 2.88. The van der Waals surface area contributed by atoms with Gasteiger partial charge in [-0.1, -0.05) is 41.4 Å². The first-order valence-corrected chi connectivity index (χ1v) is 6.83. The van der Waals surface area contributed by atoms with Crippen LogP contribution in [0.4, 0.5) is 17.1 Å². The van der Waals surface area contributed by atoms with E-state index in [0.717, 1.165) is 11.4 Å². The lowest BCUT2D eigenvalue weighted by molar-refractivity contribution is 0.949. The van der Waals surface area contributed by atoms with Gasteiger partial charge in [-0.25, -0.2) is 0 Å². The van der Waals surface area contributed by atoms with Crippen molar-refractivity contribution < 1.29 is 0 Å². The zero-order chi connectivity index (χ0) is 14.5. The summed E-state index contributed by atoms with van der Waals surface area (Å²) in [6.45, 7) is 0.530. The fourth-order valence-corrected chi connectivity index (χ4v) is 2.27. The second-order valence-electron chi connectivity index (χ2n) is 4.22. The lowest BCUT2D eigenvalue weighted by Crippen LogP contribution is -2.19. The Labute approximate surface area is 128 Å². The van der Waals surface area contributed by atoms with Gasteiger partial charge >= 0.3 is 0 Å². The molecule has 2 aromatic carbocycles. The molecule has 0 saturated carbocycles. The Morgan fingerprint density at radius 3 is 2.40 bits per heavy atom. The van der Waals surface area contributed by atoms with Gasteiger partial charge in [0.05, 0.1) is 33.9 Å². The van der Waals surface area contributed by atoms with Crippen LogP contribution in [0.2, 0.25) is 10.0 Å². The van der Waals surface area contributed by atoms with E-state index in [9.17, 15) is 0 Å². The van der Waals surface area contributed by atoms with Gasteiger partial charge in [-0.2, -0.15) is 5.26 Å². The molecule has 0 saturated heterocycles. The Bertz CT molecular complexity index is 636. The second kappa shape index (κ2) is 6.51. The first-order chi connectivity index (χ1) is 9.63. The van der Waals surface area contributed by atoms with Crippen molar-refractivity contribution in [3.8, 4) is 6.07 Å². The van der Waals surface area contributed by atoms with Crippen LogP contribution in [0.5, 0.6) is 0 Å². The van der Waals surface area contributed by atoms with Crippen molar-refractivity contribution >= 4 is 40.3 Å². The molecule has 0 unspecified atom stereocenters. The predicted molar refractivity (Wildman–Crippen MR) is 84.6 cm³/mol. The Hall–Kier alpha value is -1.89. The molecular formula is C15H13Cl2N3. The van der Waals surface area contributed by atoms with Crippen LogP contribution in [-0.2, 0) is 0 Å². The van der Waals surface area contributed by atoms with Gasteiger partial charge in [-0.3, -0.25) is 0 Å². The Balaban J connectivity index is 2.47. The number of benzene rings is 2. The van der Waals surface area contributed by atoms with Crippen molar-refractivity contribution in [2.24, 2.45) is 0 Å². The molecule has 2 N–H and O–H groups in total. The average Bonchev–Trinajstić information content (AvgIpc) is 2.45. The molecule has 2 rings (SSSR count). The van der Waals surface area contributed by atoms with Crippen LogP contribution in [0, 0.1) is 11.3 Å². The average molecular weight is 306 g/mol. The number of nitriles is 1. The molecule has 0 heterocycles. The SMILES string of the molecule is N#CCCN(c1ccccc1)c1cc(Cl)c(Cl)cc1N. The van der Waals surface area contributed by atoms with Gasteiger partial charge in [0.25, 0.3) is 0 Å². The highest BCUT2D eigenvalue weighted by atomic mass is 35.5. The van der Waals surface area contributed by atoms with Crippen molar-refractivity contribution in [1.29, 1.82) is 5.26 Å². The molecule has 0 aliphatic carbocycles. The summed E-state index contributed by atoms with van der Waals surface area (Å²) >= 11 is 12.0. The molecule has 2 aromatic rings. The first-order valence-electron chi connectivity index (χ1n) is 6.07. The van der Waals surface area contributed by atoms with E-state index in [1.807, 2.05) is 35.2 Å². The molecule has 0 aliphatic rings. The summed E-state index contributed by atoms with van der Waals surface area (Å²) in [7, 11) is 0. The fraction of sp³-hybridized carbons (Fsp3) is 0.133. The molecule has 102 valence electrons. The second-order valence-corrected chi connectivity index (χ2v) is 5.03. The smallest absolute Gasteiger partial charge is 0.0660 e. The van der Waals surface area contributed by atoms with Gasteiger partial charge in [-0.05, 0) is 24.3 Å². The molecule has 20 heavy (non-hydrogen) atoms. The normalized spacial score (nSPS) is 10.1. The fourth-order valence-electron chi connectivity index (χ4n) is 1.94. The molecule has 3 nitrogen and oxygen atoms in total. The lowest BCUT2D eigenvalue weighted by Gasteiger charge is -2.25. The van der Waals surface area contributed by atoms with Crippen LogP contribution < -0.4 is 10.6 Å². The summed E-state index contributed by atoms with van der Waals surface area (Å²) in [6, 6.07) is 15.2. The number of hydrogen-bond donors (Lipinski definition) is 1. The van der Waals surface area contributed by atoms with E-state index in [4.69, 9.17) is 34.2 Å². The van der Waals surface area contributed by atoms with Crippen molar-refractivity contribution in [2.75, 3.05) is 17.2 Å². The minimum absolute atomic E-state index is 0.384. The zero-order valence-corrected chi connectivity index (χ0v) is 12.2. The summed E-state index contributed by atoms with van der Waals surface area (Å²) in [5.74, 6) is 0. The Morgan fingerprint density at radius 1 is 1.10 bits per heavy atom. The van der Waals surface area contributed by atoms with E-state index in [2.05, 4.69) is 6.07 Å². The summed E-state index contributed by atoms with van der Waals surface area (Å²) in [5, 5.41) is 9.68. The molecule has 0 amide bonds. The van der Waals surface area contributed by atoms with E-state index >= 15 is 0 Å². The van der Waals surface area contributed by atoms with Crippen LogP contribution in [0.1, 0.15) is 6.42 Å². The summed E-state index contributed by atoms with van der Waals surface area (Å²) in [6.07, 6.45) is 0.384. The van der Waals surface area contributed by atoms with Crippen LogP contribution in [0.3, 0.4) is 0 Å². The molecule has 0 spiro atoms. The standard InChI is InChI=1S/C15H13Cl2N3/c16-12-9-14(19)15(10-13(12)17)20(8-4-7-18)11-5-2-1-3-6-11/h1-3,5-6,9-10H,4,8,19H2. The highest BCUT2D eigenvalue weighted by molar-refractivity contribution is 6.42. The maximum absolute atomic E-state index is 8.82. The van der Waals surface area contributed by atoms with Gasteiger partial charge in [0.15, 0.2) is 0 Å². The van der Waals surface area contributed by atoms with Crippen molar-refractivity contribution in [2.45, 2.75) is 6.42 Å². The number of nitrogens with two attached hydrogens (primary N) is 1. The summed E-state index contributed by atoms with van der Waals surface area (Å²) in [4.78, 5) is 1.96. The van der Waals surface area contributed by atoms with Gasteiger partial charge in [0.2, 0.25) is 0 Å². The zero-order valence-electron chi connectivity index (χ0n) is 10.7. The summed E-state index contributed by atoms with van der Waals surface area (Å²) < 4.78 is 0. The molecule has 0 atom stereocenters. The third-order valence-corrected chi connectivity index (χ3v) is 3.60. The maximum atomic E-state index is 8.82. The number of nitrogens with zero attached hydrogens (tertiary/aromatic N) is 2. The van der Waals surface area contributed by atoms with E-state index in [-0.39, 0.29) is 0 Å². The number of halogens is 2. The highest BCUT2D eigenvalue weighted by Gasteiger charge is 2.14. The number of nitrogen functional groups attached to an aromatic ring is 1. The number of hydrogen-bond acceptors (Lipinski definition) is 3. The molecular weight excluding hydrogens is 293 g/mol. The van der Waals surface area contributed by atoms with E-state index in [1.54, 1.807) is 12.1 Å². The van der Waals surface area contributed by atoms with Crippen LogP contribution in [-0.4, -0.2) is 6.54 Å². The van der Waals surface area contributed by atoms with Crippen LogP contribution >= 0.6 is 23.2 Å². The van der Waals surface area contributed by atoms with Gasteiger partial charge in [0.1, 0.15) is 0 Å². The van der Waals surface area contributed by atoms with Crippen molar-refractivity contribution in [1.82, 2.24) is 0 Å². The molecule has 0 aliphatic heterocycles. The minimum atomic E-state index is 0.384. The van der Waals surface area contributed by atoms with Crippen molar-refractivity contribution in [3.05, 3.63) is 52.5 Å². The molecule has 0 radical (unpaired) electrons. The van der Waals surface area contributed by atoms with Crippen LogP contribution in [0.15, 0.2) is 42.5 Å². The molecule has 0 fully saturated rings. The van der Waals surface area contributed by atoms with E-state index < -0.39 is 0 Å². The Kier molecular flexibility index (Phi) is 4.73. The predicted octanol–water partition coefficient (Wildman–Crippen LogP) is 4.63. The monoisotopic (exact) mass is 305 g/mol. The van der Waals surface area contributed by atoms with E-state index in [1.165, 1.54) is 0 Å². The molecule has 0 bridgehead atoms. The largest absolute Gasteiger partial charge is 0.397 e. The first kappa shape index (κ1) is 14.5. The van der Waals surface area contributed by atoms with Crippen LogP contribution in [0.25, 0.3) is 0 Å². The minimum Gasteiger partial charge on any atom is -0.397 e. The summed E-state index contributed by atoms with van der Waals surface area (Å²) in [5.41, 5.74) is 8.26. The maximum Gasteiger partial charge on any atom is 0.0660 e. The lowest BCUT2D eigenvalue weighted by atomic mass is 10.2. The van der Waals surface area contributed by atoms with Gasteiger partial charge < -0.3 is 10.6 Å². The van der Waals surface area contributed by atoms with Crippen molar-refractivity contribution in [3.63, 3.8) is 0 Å². The molecule has 0 aromatic heterocycles. The number of anilines is 3. The number of rotatable bonds is 4. The molecule has 5 heteroatoms. The highest BCUT2D eigenvalue weighted by Crippen LogP contribution is 2.36. The topological polar surface area (TPSA) is 53.0 Å².